The van der Waals surface area contributed by atoms with Crippen LogP contribution in [0.4, 0.5) is 4.79 Å². The molecule has 0 radical (unpaired) electrons. The van der Waals surface area contributed by atoms with E-state index in [0.717, 1.165) is 12.0 Å². The third-order valence-corrected chi connectivity index (χ3v) is 3.72. The maximum absolute atomic E-state index is 12.0. The standard InChI is InChI=1S/C17H20ClN3O2/c1-2-12-3-5-13(6-4-12)16(11-22)21-17(23)20-10-15-8-7-14(18)9-19-15/h3-9,16,22H,2,10-11H2,1H3,(H2,20,21,23). The summed E-state index contributed by atoms with van der Waals surface area (Å²) in [7, 11) is 0. The Morgan fingerprint density at radius 3 is 2.57 bits per heavy atom. The van der Waals surface area contributed by atoms with Gasteiger partial charge in [0.25, 0.3) is 0 Å². The van der Waals surface area contributed by atoms with Crippen LogP contribution in [-0.2, 0) is 13.0 Å². The minimum absolute atomic E-state index is 0.169. The second kappa shape index (κ2) is 8.50. The van der Waals surface area contributed by atoms with E-state index < -0.39 is 6.04 Å². The second-order valence-electron chi connectivity index (χ2n) is 5.13. The molecule has 0 saturated carbocycles. The number of aliphatic hydroxyl groups excluding tert-OH is 1. The average Bonchev–Trinajstić information content (AvgIpc) is 2.59. The smallest absolute Gasteiger partial charge is 0.315 e. The second-order valence-corrected chi connectivity index (χ2v) is 5.56. The zero-order valence-corrected chi connectivity index (χ0v) is 13.7. The van der Waals surface area contributed by atoms with Gasteiger partial charge in [0.1, 0.15) is 0 Å². The lowest BCUT2D eigenvalue weighted by molar-refractivity contribution is 0.216. The van der Waals surface area contributed by atoms with Gasteiger partial charge in [-0.1, -0.05) is 42.8 Å². The van der Waals surface area contributed by atoms with E-state index in [1.54, 1.807) is 12.1 Å². The summed E-state index contributed by atoms with van der Waals surface area (Å²) in [5, 5.41) is 15.5. The van der Waals surface area contributed by atoms with Crippen molar-refractivity contribution in [2.45, 2.75) is 25.9 Å². The number of urea groups is 1. The summed E-state index contributed by atoms with van der Waals surface area (Å²) in [6.45, 7) is 2.20. The predicted molar refractivity (Wildman–Crippen MR) is 90.3 cm³/mol. The molecule has 1 aromatic carbocycles. The highest BCUT2D eigenvalue weighted by atomic mass is 35.5. The number of carbonyl (C=O) groups is 1. The molecule has 2 amide bonds. The zero-order valence-electron chi connectivity index (χ0n) is 12.9. The molecule has 5 nitrogen and oxygen atoms in total. The number of aromatic nitrogens is 1. The number of rotatable bonds is 6. The van der Waals surface area contributed by atoms with Gasteiger partial charge in [-0.25, -0.2) is 4.79 Å². The molecule has 2 aromatic rings. The van der Waals surface area contributed by atoms with E-state index >= 15 is 0 Å². The van der Waals surface area contributed by atoms with Gasteiger partial charge in [-0.15, -0.1) is 0 Å². The first kappa shape index (κ1) is 17.2. The molecule has 0 aliphatic heterocycles. The van der Waals surface area contributed by atoms with Crippen LogP contribution in [0.1, 0.15) is 29.8 Å². The fourth-order valence-corrected chi connectivity index (χ4v) is 2.22. The third-order valence-electron chi connectivity index (χ3n) is 3.50. The molecule has 0 spiro atoms. The van der Waals surface area contributed by atoms with Gasteiger partial charge in [0.2, 0.25) is 0 Å². The van der Waals surface area contributed by atoms with E-state index in [1.165, 1.54) is 11.8 Å². The van der Waals surface area contributed by atoms with Gasteiger partial charge in [-0.05, 0) is 29.7 Å². The lowest BCUT2D eigenvalue weighted by Crippen LogP contribution is -2.39. The Morgan fingerprint density at radius 2 is 2.00 bits per heavy atom. The first-order valence-electron chi connectivity index (χ1n) is 7.47. The summed E-state index contributed by atoms with van der Waals surface area (Å²) in [5.41, 5.74) is 2.78. The number of hydrogen-bond acceptors (Lipinski definition) is 3. The number of nitrogens with one attached hydrogen (secondary N) is 2. The van der Waals surface area contributed by atoms with Crippen LogP contribution in [0, 0.1) is 0 Å². The van der Waals surface area contributed by atoms with Crippen LogP contribution in [0.5, 0.6) is 0 Å². The monoisotopic (exact) mass is 333 g/mol. The molecular formula is C17H20ClN3O2. The molecule has 0 aliphatic rings. The Morgan fingerprint density at radius 1 is 1.26 bits per heavy atom. The van der Waals surface area contributed by atoms with Crippen molar-refractivity contribution in [2.75, 3.05) is 6.61 Å². The number of halogens is 1. The van der Waals surface area contributed by atoms with Gasteiger partial charge in [0.05, 0.1) is 29.9 Å². The molecule has 0 bridgehead atoms. The van der Waals surface area contributed by atoms with Crippen molar-refractivity contribution in [3.63, 3.8) is 0 Å². The van der Waals surface area contributed by atoms with E-state index in [1.807, 2.05) is 24.3 Å². The number of hydrogen-bond donors (Lipinski definition) is 3. The first-order chi connectivity index (χ1) is 11.1. The Bertz CT molecular complexity index is 629. The Hall–Kier alpha value is -2.11. The topological polar surface area (TPSA) is 74.2 Å². The molecule has 2 rings (SSSR count). The molecule has 23 heavy (non-hydrogen) atoms. The minimum Gasteiger partial charge on any atom is -0.394 e. The van der Waals surface area contributed by atoms with Crippen LogP contribution in [0.15, 0.2) is 42.6 Å². The quantitative estimate of drug-likeness (QED) is 0.761. The highest BCUT2D eigenvalue weighted by molar-refractivity contribution is 6.30. The van der Waals surface area contributed by atoms with Crippen molar-refractivity contribution in [3.05, 3.63) is 64.4 Å². The number of aryl methyl sites for hydroxylation is 1. The molecule has 122 valence electrons. The first-order valence-corrected chi connectivity index (χ1v) is 7.84. The van der Waals surface area contributed by atoms with Gasteiger partial charge in [0.15, 0.2) is 0 Å². The molecule has 0 saturated heterocycles. The number of pyridine rings is 1. The van der Waals surface area contributed by atoms with Crippen molar-refractivity contribution in [2.24, 2.45) is 0 Å². The molecule has 1 heterocycles. The Kier molecular flexibility index (Phi) is 6.38. The van der Waals surface area contributed by atoms with Crippen molar-refractivity contribution in [1.29, 1.82) is 0 Å². The molecule has 6 heteroatoms. The number of benzene rings is 1. The van der Waals surface area contributed by atoms with Crippen LogP contribution in [0.25, 0.3) is 0 Å². The lowest BCUT2D eigenvalue weighted by Gasteiger charge is -2.17. The SMILES string of the molecule is CCc1ccc(C(CO)NC(=O)NCc2ccc(Cl)cn2)cc1. The van der Waals surface area contributed by atoms with E-state index in [-0.39, 0.29) is 19.2 Å². The summed E-state index contributed by atoms with van der Waals surface area (Å²) in [6.07, 6.45) is 2.48. The summed E-state index contributed by atoms with van der Waals surface area (Å²) in [5.74, 6) is 0. The average molecular weight is 334 g/mol. The van der Waals surface area contributed by atoms with Gasteiger partial charge in [-0.2, -0.15) is 0 Å². The molecule has 1 atom stereocenters. The largest absolute Gasteiger partial charge is 0.394 e. The van der Waals surface area contributed by atoms with Crippen molar-refractivity contribution < 1.29 is 9.90 Å². The van der Waals surface area contributed by atoms with Crippen LogP contribution in [-0.4, -0.2) is 22.7 Å². The summed E-state index contributed by atoms with van der Waals surface area (Å²) in [4.78, 5) is 16.1. The third kappa shape index (κ3) is 5.23. The number of aliphatic hydroxyl groups is 1. The Balaban J connectivity index is 1.89. The van der Waals surface area contributed by atoms with Crippen LogP contribution in [0.2, 0.25) is 5.02 Å². The molecule has 0 aliphatic carbocycles. The van der Waals surface area contributed by atoms with Gasteiger partial charge in [0, 0.05) is 6.20 Å². The fraction of sp³-hybridized carbons (Fsp3) is 0.294. The van der Waals surface area contributed by atoms with E-state index in [0.29, 0.717) is 10.7 Å². The minimum atomic E-state index is -0.445. The number of carbonyl (C=O) groups excluding carboxylic acids is 1. The lowest BCUT2D eigenvalue weighted by atomic mass is 10.0. The fourth-order valence-electron chi connectivity index (χ4n) is 2.11. The maximum Gasteiger partial charge on any atom is 0.315 e. The molecular weight excluding hydrogens is 314 g/mol. The van der Waals surface area contributed by atoms with E-state index in [9.17, 15) is 9.90 Å². The van der Waals surface area contributed by atoms with Crippen LogP contribution in [0.3, 0.4) is 0 Å². The van der Waals surface area contributed by atoms with Crippen molar-refractivity contribution >= 4 is 17.6 Å². The highest BCUT2D eigenvalue weighted by Gasteiger charge is 2.13. The van der Waals surface area contributed by atoms with E-state index in [4.69, 9.17) is 11.6 Å². The van der Waals surface area contributed by atoms with Crippen molar-refractivity contribution in [1.82, 2.24) is 15.6 Å². The molecule has 3 N–H and O–H groups in total. The van der Waals surface area contributed by atoms with Crippen LogP contribution >= 0.6 is 11.6 Å². The predicted octanol–water partition coefficient (Wildman–Crippen LogP) is 2.83. The summed E-state index contributed by atoms with van der Waals surface area (Å²) < 4.78 is 0. The Labute approximate surface area is 140 Å². The number of nitrogens with zero attached hydrogens (tertiary/aromatic N) is 1. The normalized spacial score (nSPS) is 11.8. The summed E-state index contributed by atoms with van der Waals surface area (Å²) in [6, 6.07) is 10.5. The van der Waals surface area contributed by atoms with Crippen molar-refractivity contribution in [3.8, 4) is 0 Å². The van der Waals surface area contributed by atoms with Gasteiger partial charge < -0.3 is 15.7 Å². The molecule has 1 unspecified atom stereocenters. The van der Waals surface area contributed by atoms with E-state index in [2.05, 4.69) is 22.5 Å². The van der Waals surface area contributed by atoms with Gasteiger partial charge in [-0.3, -0.25) is 4.98 Å². The maximum atomic E-state index is 12.0. The highest BCUT2D eigenvalue weighted by Crippen LogP contribution is 2.14. The van der Waals surface area contributed by atoms with Gasteiger partial charge >= 0.3 is 6.03 Å². The number of amides is 2. The molecule has 1 aromatic heterocycles. The summed E-state index contributed by atoms with van der Waals surface area (Å²) >= 11 is 5.76. The van der Waals surface area contributed by atoms with Crippen LogP contribution < -0.4 is 10.6 Å². The zero-order chi connectivity index (χ0) is 16.7. The molecule has 0 fully saturated rings.